The number of pyridine rings is 2. The Morgan fingerprint density at radius 3 is 2.82 bits per heavy atom. The van der Waals surface area contributed by atoms with Crippen molar-refractivity contribution in [2.75, 3.05) is 26.2 Å². The minimum absolute atomic E-state index is 0.0195. The Hall–Kier alpha value is -2.48. The molecule has 1 amide bonds. The van der Waals surface area contributed by atoms with Crippen molar-refractivity contribution in [1.29, 1.82) is 0 Å². The third-order valence-corrected chi connectivity index (χ3v) is 7.49. The largest absolute Gasteiger partial charge is 0.350 e. The zero-order valence-corrected chi connectivity index (χ0v) is 19.8. The molecule has 174 valence electrons. The van der Waals surface area contributed by atoms with E-state index in [-0.39, 0.29) is 11.4 Å². The molecule has 0 spiro atoms. The van der Waals surface area contributed by atoms with Crippen molar-refractivity contribution in [3.63, 3.8) is 0 Å². The number of halogens is 1. The second-order valence-corrected chi connectivity index (χ2v) is 9.77. The van der Waals surface area contributed by atoms with Gasteiger partial charge < -0.3 is 10.6 Å². The molecule has 1 aliphatic heterocycles. The lowest BCUT2D eigenvalue weighted by molar-refractivity contribution is 0.0273. The van der Waals surface area contributed by atoms with E-state index in [1.165, 1.54) is 19.3 Å². The molecule has 1 aliphatic carbocycles. The summed E-state index contributed by atoms with van der Waals surface area (Å²) in [6, 6.07) is 7.87. The van der Waals surface area contributed by atoms with E-state index in [0.29, 0.717) is 40.0 Å². The van der Waals surface area contributed by atoms with Crippen LogP contribution in [0.1, 0.15) is 49.4 Å². The van der Waals surface area contributed by atoms with Gasteiger partial charge in [0.1, 0.15) is 11.5 Å². The van der Waals surface area contributed by atoms with Crippen molar-refractivity contribution in [2.24, 2.45) is 0 Å². The molecule has 0 bridgehead atoms. The fourth-order valence-electron chi connectivity index (χ4n) is 5.48. The fraction of sp³-hybridized carbons (Fsp3) is 0.480. The lowest BCUT2D eigenvalue weighted by atomic mass is 9.79. The van der Waals surface area contributed by atoms with Crippen LogP contribution in [0.5, 0.6) is 0 Å². The molecular formula is C25H31ClN6O. The summed E-state index contributed by atoms with van der Waals surface area (Å²) in [4.78, 5) is 25.1. The van der Waals surface area contributed by atoms with Gasteiger partial charge >= 0.3 is 0 Å². The van der Waals surface area contributed by atoms with Crippen molar-refractivity contribution >= 4 is 28.5 Å². The van der Waals surface area contributed by atoms with E-state index >= 15 is 0 Å². The molecule has 1 atom stereocenters. The SMILES string of the molecule is CC1CN(C2(CNC(=O)c3cn(-c4ccccn4)c4nccc(Cl)c34)CCCCC2)CCN1. The van der Waals surface area contributed by atoms with E-state index in [4.69, 9.17) is 11.6 Å². The standard InChI is InChI=1S/C25H31ClN6O/c1-18-15-31(14-13-27-18)25(9-4-2-5-10-25)17-30-24(33)19-16-32(21-7-3-6-11-28-21)23-22(19)20(26)8-12-29-23/h3,6-8,11-12,16,18,27H,2,4-5,9-10,13-15,17H2,1H3,(H,30,33). The van der Waals surface area contributed by atoms with Gasteiger partial charge in [0.25, 0.3) is 5.91 Å². The first kappa shape index (κ1) is 22.3. The summed E-state index contributed by atoms with van der Waals surface area (Å²) in [5.74, 6) is 0.590. The van der Waals surface area contributed by atoms with E-state index in [1.54, 1.807) is 18.5 Å². The lowest BCUT2D eigenvalue weighted by Crippen LogP contribution is -2.63. The second-order valence-electron chi connectivity index (χ2n) is 9.36. The van der Waals surface area contributed by atoms with Crippen LogP contribution in [0.2, 0.25) is 5.02 Å². The Morgan fingerprint density at radius 1 is 1.21 bits per heavy atom. The first-order valence-electron chi connectivity index (χ1n) is 11.9. The van der Waals surface area contributed by atoms with Crippen LogP contribution in [-0.2, 0) is 0 Å². The second kappa shape index (κ2) is 9.41. The Bertz CT molecular complexity index is 1120. The molecular weight excluding hydrogens is 436 g/mol. The van der Waals surface area contributed by atoms with Crippen LogP contribution in [0.3, 0.4) is 0 Å². The number of aromatic nitrogens is 3. The van der Waals surface area contributed by atoms with Gasteiger partial charge in [-0.15, -0.1) is 0 Å². The van der Waals surface area contributed by atoms with E-state index in [0.717, 1.165) is 32.5 Å². The Labute approximate surface area is 199 Å². The number of nitrogens with one attached hydrogen (secondary N) is 2. The van der Waals surface area contributed by atoms with Gasteiger partial charge in [0.15, 0.2) is 0 Å². The summed E-state index contributed by atoms with van der Waals surface area (Å²) >= 11 is 6.55. The van der Waals surface area contributed by atoms with Crippen LogP contribution >= 0.6 is 11.6 Å². The number of carbonyl (C=O) groups is 1. The quantitative estimate of drug-likeness (QED) is 0.598. The molecule has 33 heavy (non-hydrogen) atoms. The van der Waals surface area contributed by atoms with E-state index in [2.05, 4.69) is 32.4 Å². The van der Waals surface area contributed by atoms with Crippen LogP contribution in [0.15, 0.2) is 42.9 Å². The van der Waals surface area contributed by atoms with Gasteiger partial charge in [-0.2, -0.15) is 0 Å². The first-order chi connectivity index (χ1) is 16.1. The van der Waals surface area contributed by atoms with Gasteiger partial charge in [0.2, 0.25) is 0 Å². The molecule has 2 fully saturated rings. The van der Waals surface area contributed by atoms with Gasteiger partial charge in [0.05, 0.1) is 16.0 Å². The minimum atomic E-state index is -0.113. The van der Waals surface area contributed by atoms with E-state index in [9.17, 15) is 4.79 Å². The number of piperazine rings is 1. The summed E-state index contributed by atoms with van der Waals surface area (Å²) < 4.78 is 1.84. The van der Waals surface area contributed by atoms with Gasteiger partial charge in [0, 0.05) is 56.4 Å². The number of hydrogen-bond acceptors (Lipinski definition) is 5. The average Bonchev–Trinajstić information content (AvgIpc) is 3.25. The maximum absolute atomic E-state index is 13.5. The van der Waals surface area contributed by atoms with Crippen LogP contribution in [-0.4, -0.2) is 63.1 Å². The predicted octanol–water partition coefficient (Wildman–Crippen LogP) is 3.80. The number of hydrogen-bond donors (Lipinski definition) is 2. The summed E-state index contributed by atoms with van der Waals surface area (Å²) in [7, 11) is 0. The molecule has 1 saturated carbocycles. The number of rotatable bonds is 5. The number of nitrogens with zero attached hydrogens (tertiary/aromatic N) is 4. The molecule has 3 aromatic heterocycles. The molecule has 2 N–H and O–H groups in total. The molecule has 0 radical (unpaired) electrons. The Balaban J connectivity index is 1.44. The van der Waals surface area contributed by atoms with Crippen molar-refractivity contribution in [3.05, 3.63) is 53.4 Å². The van der Waals surface area contributed by atoms with Gasteiger partial charge in [-0.25, -0.2) is 9.97 Å². The summed E-state index contributed by atoms with van der Waals surface area (Å²) in [6.45, 7) is 5.92. The van der Waals surface area contributed by atoms with Crippen LogP contribution < -0.4 is 10.6 Å². The van der Waals surface area contributed by atoms with E-state index in [1.807, 2.05) is 29.0 Å². The molecule has 0 aromatic carbocycles. The molecule has 1 saturated heterocycles. The first-order valence-corrected chi connectivity index (χ1v) is 12.3. The van der Waals surface area contributed by atoms with Crippen molar-refractivity contribution in [3.8, 4) is 5.82 Å². The number of amides is 1. The molecule has 5 rings (SSSR count). The highest BCUT2D eigenvalue weighted by Crippen LogP contribution is 2.34. The van der Waals surface area contributed by atoms with Crippen LogP contribution in [0.25, 0.3) is 16.9 Å². The van der Waals surface area contributed by atoms with E-state index < -0.39 is 0 Å². The third kappa shape index (κ3) is 4.37. The van der Waals surface area contributed by atoms with Crippen LogP contribution in [0, 0.1) is 0 Å². The van der Waals surface area contributed by atoms with Gasteiger partial charge in [-0.05, 0) is 38.0 Å². The van der Waals surface area contributed by atoms with Crippen LogP contribution in [0.4, 0.5) is 0 Å². The molecule has 4 heterocycles. The Kier molecular flexibility index (Phi) is 6.36. The molecule has 3 aromatic rings. The normalized spacial score (nSPS) is 21.2. The summed E-state index contributed by atoms with van der Waals surface area (Å²) in [6.07, 6.45) is 11.1. The minimum Gasteiger partial charge on any atom is -0.350 e. The smallest absolute Gasteiger partial charge is 0.253 e. The number of carbonyl (C=O) groups excluding carboxylic acids is 1. The van der Waals surface area contributed by atoms with Crippen molar-refractivity contribution in [1.82, 2.24) is 30.1 Å². The highest BCUT2D eigenvalue weighted by molar-refractivity contribution is 6.36. The zero-order chi connectivity index (χ0) is 22.8. The molecule has 7 nitrogen and oxygen atoms in total. The molecule has 8 heteroatoms. The zero-order valence-electron chi connectivity index (χ0n) is 19.1. The Morgan fingerprint density at radius 2 is 2.06 bits per heavy atom. The summed E-state index contributed by atoms with van der Waals surface area (Å²) in [5, 5.41) is 8.01. The fourth-order valence-corrected chi connectivity index (χ4v) is 5.72. The monoisotopic (exact) mass is 466 g/mol. The highest BCUT2D eigenvalue weighted by Gasteiger charge is 2.39. The molecule has 1 unspecified atom stereocenters. The third-order valence-electron chi connectivity index (χ3n) is 7.18. The topological polar surface area (TPSA) is 75.1 Å². The lowest BCUT2D eigenvalue weighted by Gasteiger charge is -2.49. The average molecular weight is 467 g/mol. The maximum Gasteiger partial charge on any atom is 0.253 e. The van der Waals surface area contributed by atoms with Gasteiger partial charge in [-0.1, -0.05) is 36.9 Å². The highest BCUT2D eigenvalue weighted by atomic mass is 35.5. The van der Waals surface area contributed by atoms with Gasteiger partial charge in [-0.3, -0.25) is 14.3 Å². The maximum atomic E-state index is 13.5. The molecule has 2 aliphatic rings. The van der Waals surface area contributed by atoms with Crippen molar-refractivity contribution < 1.29 is 4.79 Å². The van der Waals surface area contributed by atoms with Crippen molar-refractivity contribution in [2.45, 2.75) is 50.6 Å². The number of fused-ring (bicyclic) bond motifs is 1. The summed E-state index contributed by atoms with van der Waals surface area (Å²) in [5.41, 5.74) is 1.19. The predicted molar refractivity (Wildman–Crippen MR) is 131 cm³/mol.